The van der Waals surface area contributed by atoms with Crippen LogP contribution in [-0.4, -0.2) is 51.3 Å². The van der Waals surface area contributed by atoms with Gasteiger partial charge in [0.05, 0.1) is 24.0 Å². The van der Waals surface area contributed by atoms with Crippen LogP contribution in [0.3, 0.4) is 0 Å². The molecule has 2 aliphatic heterocycles. The summed E-state index contributed by atoms with van der Waals surface area (Å²) in [6, 6.07) is 0.245. The number of likely N-dealkylation sites (tertiary alicyclic amines) is 1. The number of amides is 3. The van der Waals surface area contributed by atoms with E-state index in [0.717, 1.165) is 18.5 Å². The molecule has 2 atom stereocenters. The molecule has 3 rings (SSSR count). The monoisotopic (exact) mass is 305 g/mol. The summed E-state index contributed by atoms with van der Waals surface area (Å²) in [5.41, 5.74) is 0.827. The molecule has 1 N–H and O–H groups in total. The zero-order valence-corrected chi connectivity index (χ0v) is 13.3. The number of fused-ring (bicyclic) bond motifs is 1. The first-order valence-corrected chi connectivity index (χ1v) is 7.85. The lowest BCUT2D eigenvalue weighted by Crippen LogP contribution is -2.55. The minimum Gasteiger partial charge on any atom is -0.336 e. The lowest BCUT2D eigenvalue weighted by Gasteiger charge is -2.39. The third kappa shape index (κ3) is 2.55. The fourth-order valence-corrected chi connectivity index (χ4v) is 3.51. The van der Waals surface area contributed by atoms with Gasteiger partial charge < -0.3 is 15.1 Å². The number of anilines is 1. The molecule has 3 heterocycles. The number of carbonyl (C=O) groups excluding carboxylic acids is 2. The molecule has 0 unspecified atom stereocenters. The van der Waals surface area contributed by atoms with Crippen LogP contribution in [0, 0.1) is 0 Å². The van der Waals surface area contributed by atoms with Gasteiger partial charge in [0.15, 0.2) is 0 Å². The van der Waals surface area contributed by atoms with Crippen LogP contribution in [0.2, 0.25) is 0 Å². The van der Waals surface area contributed by atoms with Crippen molar-refractivity contribution in [3.63, 3.8) is 0 Å². The van der Waals surface area contributed by atoms with Gasteiger partial charge in [0.1, 0.15) is 0 Å². The topological polar surface area (TPSA) is 70.5 Å². The van der Waals surface area contributed by atoms with Crippen molar-refractivity contribution in [3.05, 3.63) is 12.4 Å². The van der Waals surface area contributed by atoms with E-state index in [1.54, 1.807) is 10.9 Å². The van der Waals surface area contributed by atoms with E-state index in [-0.39, 0.29) is 30.1 Å². The Labute approximate surface area is 130 Å². The molecule has 0 spiro atoms. The molecular formula is C15H23N5O2. The molecule has 1 aromatic heterocycles. The Hall–Kier alpha value is -2.05. The molecule has 7 nitrogen and oxygen atoms in total. The average Bonchev–Trinajstić information content (AvgIpc) is 3.04. The van der Waals surface area contributed by atoms with Gasteiger partial charge in [-0.15, -0.1) is 0 Å². The van der Waals surface area contributed by atoms with E-state index in [0.29, 0.717) is 13.0 Å². The summed E-state index contributed by atoms with van der Waals surface area (Å²) in [7, 11) is 1.84. The number of aryl methyl sites for hydroxylation is 1. The van der Waals surface area contributed by atoms with E-state index in [1.165, 1.54) is 0 Å². The van der Waals surface area contributed by atoms with Crippen molar-refractivity contribution in [2.24, 2.45) is 7.05 Å². The van der Waals surface area contributed by atoms with Crippen molar-refractivity contribution < 1.29 is 9.59 Å². The molecule has 3 amide bonds. The molecule has 0 saturated carbocycles. The van der Waals surface area contributed by atoms with Gasteiger partial charge in [0.2, 0.25) is 5.91 Å². The highest BCUT2D eigenvalue weighted by Gasteiger charge is 2.45. The molecule has 0 radical (unpaired) electrons. The summed E-state index contributed by atoms with van der Waals surface area (Å²) >= 11 is 0. The maximum absolute atomic E-state index is 12.4. The van der Waals surface area contributed by atoms with Gasteiger partial charge in [-0.3, -0.25) is 9.48 Å². The van der Waals surface area contributed by atoms with Gasteiger partial charge in [-0.05, 0) is 26.7 Å². The smallest absolute Gasteiger partial charge is 0.317 e. The maximum Gasteiger partial charge on any atom is 0.317 e. The van der Waals surface area contributed by atoms with Gasteiger partial charge in [-0.1, -0.05) is 0 Å². The van der Waals surface area contributed by atoms with Crippen molar-refractivity contribution >= 4 is 17.6 Å². The van der Waals surface area contributed by atoms with Crippen LogP contribution in [0.25, 0.3) is 0 Å². The molecule has 120 valence electrons. The maximum atomic E-state index is 12.4. The second kappa shape index (κ2) is 5.62. The summed E-state index contributed by atoms with van der Waals surface area (Å²) in [6.07, 6.45) is 5.61. The fraction of sp³-hybridized carbons (Fsp3) is 0.667. The molecule has 2 saturated heterocycles. The highest BCUT2D eigenvalue weighted by molar-refractivity contribution is 5.95. The Bertz CT molecular complexity index is 582. The van der Waals surface area contributed by atoms with Crippen molar-refractivity contribution in [2.45, 2.75) is 51.2 Å². The number of aromatic nitrogens is 2. The lowest BCUT2D eigenvalue weighted by molar-refractivity contribution is -0.120. The zero-order valence-electron chi connectivity index (χ0n) is 13.3. The first-order chi connectivity index (χ1) is 10.5. The second-order valence-corrected chi connectivity index (χ2v) is 6.40. The summed E-state index contributed by atoms with van der Waals surface area (Å²) in [4.78, 5) is 28.4. The van der Waals surface area contributed by atoms with Crippen LogP contribution in [0.15, 0.2) is 12.4 Å². The van der Waals surface area contributed by atoms with Crippen molar-refractivity contribution in [2.75, 3.05) is 11.4 Å². The Morgan fingerprint density at radius 1 is 1.36 bits per heavy atom. The third-order valence-electron chi connectivity index (χ3n) is 4.41. The standard InChI is InChI=1S/C15H23N5O2/c1-10(2)17-15(22)19-7-6-13-12(19)4-5-14(21)20(13)11-8-16-18(3)9-11/h8-10,12-13H,4-7H2,1-3H3,(H,17,22)/t12-,13-/m0/s1. The Balaban J connectivity index is 1.81. The van der Waals surface area contributed by atoms with E-state index in [9.17, 15) is 9.59 Å². The molecule has 1 aromatic rings. The molecule has 2 fully saturated rings. The predicted molar refractivity (Wildman–Crippen MR) is 82.5 cm³/mol. The molecule has 0 bridgehead atoms. The normalized spacial score (nSPS) is 24.8. The molecule has 22 heavy (non-hydrogen) atoms. The van der Waals surface area contributed by atoms with Gasteiger partial charge in [-0.25, -0.2) is 4.79 Å². The Morgan fingerprint density at radius 2 is 2.14 bits per heavy atom. The van der Waals surface area contributed by atoms with Crippen LogP contribution < -0.4 is 10.2 Å². The van der Waals surface area contributed by atoms with E-state index < -0.39 is 0 Å². The van der Waals surface area contributed by atoms with E-state index in [2.05, 4.69) is 10.4 Å². The third-order valence-corrected chi connectivity index (χ3v) is 4.41. The van der Waals surface area contributed by atoms with E-state index in [4.69, 9.17) is 0 Å². The number of nitrogens with one attached hydrogen (secondary N) is 1. The lowest BCUT2D eigenvalue weighted by atomic mass is 9.96. The molecule has 0 aromatic carbocycles. The van der Waals surface area contributed by atoms with Gasteiger partial charge in [0, 0.05) is 32.3 Å². The SMILES string of the molecule is CC(C)NC(=O)N1CC[C@H]2[C@@H]1CCC(=O)N2c1cnn(C)c1. The van der Waals surface area contributed by atoms with E-state index >= 15 is 0 Å². The molecule has 7 heteroatoms. The number of hydrogen-bond acceptors (Lipinski definition) is 3. The van der Waals surface area contributed by atoms with Crippen LogP contribution in [0.4, 0.5) is 10.5 Å². The first-order valence-electron chi connectivity index (χ1n) is 7.85. The van der Waals surface area contributed by atoms with Crippen LogP contribution in [-0.2, 0) is 11.8 Å². The Morgan fingerprint density at radius 3 is 2.77 bits per heavy atom. The summed E-state index contributed by atoms with van der Waals surface area (Å²) in [5.74, 6) is 0.125. The second-order valence-electron chi connectivity index (χ2n) is 6.40. The van der Waals surface area contributed by atoms with Gasteiger partial charge >= 0.3 is 6.03 Å². The quantitative estimate of drug-likeness (QED) is 0.889. The Kier molecular flexibility index (Phi) is 3.80. The number of nitrogens with zero attached hydrogens (tertiary/aromatic N) is 4. The van der Waals surface area contributed by atoms with Crippen LogP contribution >= 0.6 is 0 Å². The number of hydrogen-bond donors (Lipinski definition) is 1. The van der Waals surface area contributed by atoms with Crippen LogP contribution in [0.1, 0.15) is 33.1 Å². The number of carbonyl (C=O) groups is 2. The van der Waals surface area contributed by atoms with Gasteiger partial charge in [-0.2, -0.15) is 5.10 Å². The molecular weight excluding hydrogens is 282 g/mol. The summed E-state index contributed by atoms with van der Waals surface area (Å²) in [6.45, 7) is 4.60. The molecule has 0 aliphatic carbocycles. The predicted octanol–water partition coefficient (Wildman–Crippen LogP) is 1.11. The van der Waals surface area contributed by atoms with Crippen LogP contribution in [0.5, 0.6) is 0 Å². The van der Waals surface area contributed by atoms with Gasteiger partial charge in [0.25, 0.3) is 0 Å². The van der Waals surface area contributed by atoms with Crippen molar-refractivity contribution in [3.8, 4) is 0 Å². The molecule has 2 aliphatic rings. The zero-order chi connectivity index (χ0) is 15.9. The average molecular weight is 305 g/mol. The number of urea groups is 1. The van der Waals surface area contributed by atoms with Crippen molar-refractivity contribution in [1.82, 2.24) is 20.0 Å². The fourth-order valence-electron chi connectivity index (χ4n) is 3.51. The summed E-state index contributed by atoms with van der Waals surface area (Å²) < 4.78 is 1.70. The number of piperidine rings is 1. The minimum atomic E-state index is -0.0250. The highest BCUT2D eigenvalue weighted by Crippen LogP contribution is 2.34. The highest BCUT2D eigenvalue weighted by atomic mass is 16.2. The number of rotatable bonds is 2. The van der Waals surface area contributed by atoms with Crippen molar-refractivity contribution in [1.29, 1.82) is 0 Å². The largest absolute Gasteiger partial charge is 0.336 e. The minimum absolute atomic E-state index is 0.0250. The first kappa shape index (κ1) is 14.9. The van der Waals surface area contributed by atoms with E-state index in [1.807, 2.05) is 36.9 Å². The summed E-state index contributed by atoms with van der Waals surface area (Å²) in [5, 5.41) is 7.12.